The number of halogens is 2. The van der Waals surface area contributed by atoms with Crippen LogP contribution in [0.1, 0.15) is 32.1 Å². The maximum atomic E-state index is 12.8. The highest BCUT2D eigenvalue weighted by atomic mass is 19.3. The fraction of sp³-hybridized carbons (Fsp3) is 0.727. The summed E-state index contributed by atoms with van der Waals surface area (Å²) in [5, 5.41) is 2.65. The van der Waals surface area contributed by atoms with E-state index in [1.54, 1.807) is 0 Å². The second kappa shape index (κ2) is 5.11. The molecule has 0 saturated heterocycles. The minimum Gasteiger partial charge on any atom is -0.355 e. The van der Waals surface area contributed by atoms with Crippen molar-refractivity contribution in [1.29, 1.82) is 0 Å². The Hall–Kier alpha value is -1.11. The summed E-state index contributed by atoms with van der Waals surface area (Å²) in [6, 6.07) is 0. The maximum absolute atomic E-state index is 12.8. The maximum Gasteiger partial charge on any atom is 0.248 e. The lowest BCUT2D eigenvalue weighted by Crippen LogP contribution is -2.36. The first-order valence-electron chi connectivity index (χ1n) is 5.14. The van der Waals surface area contributed by atoms with Crippen molar-refractivity contribution in [3.05, 3.63) is 0 Å². The van der Waals surface area contributed by atoms with Gasteiger partial charge in [-0.2, -0.15) is 0 Å². The fourth-order valence-electron chi connectivity index (χ4n) is 1.70. The highest BCUT2D eigenvalue weighted by Crippen LogP contribution is 2.36. The second-order valence-corrected chi connectivity index (χ2v) is 3.88. The molecule has 1 saturated carbocycles. The quantitative estimate of drug-likeness (QED) is 0.566. The molecule has 1 aliphatic rings. The first-order valence-corrected chi connectivity index (χ1v) is 5.14. The lowest BCUT2D eigenvalue weighted by atomic mass is 9.86. The molecule has 1 amide bonds. The Morgan fingerprint density at radius 1 is 1.47 bits per heavy atom. The number of carbonyl (C=O) groups is 1. The summed E-state index contributed by atoms with van der Waals surface area (Å²) in [5.41, 5.74) is 0. The van der Waals surface area contributed by atoms with Crippen LogP contribution in [-0.4, -0.2) is 18.4 Å². The number of alkyl halides is 2. The minimum atomic E-state index is -2.57. The zero-order valence-electron chi connectivity index (χ0n) is 8.56. The average molecular weight is 215 g/mol. The summed E-state index contributed by atoms with van der Waals surface area (Å²) in [4.78, 5) is 11.5. The van der Waals surface area contributed by atoms with Crippen LogP contribution in [0.15, 0.2) is 0 Å². The highest BCUT2D eigenvalue weighted by Gasteiger charge is 2.37. The van der Waals surface area contributed by atoms with Gasteiger partial charge < -0.3 is 5.32 Å². The van der Waals surface area contributed by atoms with Crippen molar-refractivity contribution in [2.75, 3.05) is 6.54 Å². The molecule has 0 aromatic rings. The molecule has 1 aliphatic carbocycles. The van der Waals surface area contributed by atoms with Gasteiger partial charge in [-0.3, -0.25) is 4.79 Å². The molecule has 0 unspecified atom stereocenters. The Morgan fingerprint density at radius 2 is 2.07 bits per heavy atom. The van der Waals surface area contributed by atoms with Crippen molar-refractivity contribution in [1.82, 2.24) is 5.32 Å². The average Bonchev–Trinajstić information content (AvgIpc) is 2.18. The van der Waals surface area contributed by atoms with Crippen molar-refractivity contribution in [3.8, 4) is 12.3 Å². The van der Waals surface area contributed by atoms with Gasteiger partial charge in [0.1, 0.15) is 0 Å². The van der Waals surface area contributed by atoms with Crippen molar-refractivity contribution in [3.63, 3.8) is 0 Å². The van der Waals surface area contributed by atoms with Gasteiger partial charge >= 0.3 is 0 Å². The van der Waals surface area contributed by atoms with Gasteiger partial charge in [-0.15, -0.1) is 12.3 Å². The molecule has 15 heavy (non-hydrogen) atoms. The molecule has 0 heterocycles. The molecular weight excluding hydrogens is 200 g/mol. The fourth-order valence-corrected chi connectivity index (χ4v) is 1.70. The van der Waals surface area contributed by atoms with E-state index in [0.717, 1.165) is 0 Å². The van der Waals surface area contributed by atoms with Crippen LogP contribution in [0.25, 0.3) is 0 Å². The van der Waals surface area contributed by atoms with Gasteiger partial charge in [-0.1, -0.05) is 0 Å². The largest absolute Gasteiger partial charge is 0.355 e. The number of hydrogen-bond acceptors (Lipinski definition) is 1. The molecule has 1 rings (SSSR count). The summed E-state index contributed by atoms with van der Waals surface area (Å²) < 4.78 is 25.6. The molecule has 0 atom stereocenters. The number of rotatable bonds is 3. The van der Waals surface area contributed by atoms with Crippen LogP contribution in [0, 0.1) is 18.3 Å². The van der Waals surface area contributed by atoms with Gasteiger partial charge in [0.25, 0.3) is 0 Å². The molecule has 84 valence electrons. The number of hydrogen-bond donors (Lipinski definition) is 1. The van der Waals surface area contributed by atoms with Crippen LogP contribution >= 0.6 is 0 Å². The Bertz CT molecular complexity index is 260. The summed E-state index contributed by atoms with van der Waals surface area (Å²) in [6.45, 7) is 0.433. The van der Waals surface area contributed by atoms with Gasteiger partial charge in [0.15, 0.2) is 0 Å². The Morgan fingerprint density at radius 3 is 2.60 bits per heavy atom. The van der Waals surface area contributed by atoms with Crippen LogP contribution in [0.3, 0.4) is 0 Å². The van der Waals surface area contributed by atoms with Crippen LogP contribution in [0.5, 0.6) is 0 Å². The second-order valence-electron chi connectivity index (χ2n) is 3.88. The van der Waals surface area contributed by atoms with E-state index in [2.05, 4.69) is 11.2 Å². The smallest absolute Gasteiger partial charge is 0.248 e. The lowest BCUT2D eigenvalue weighted by Gasteiger charge is -2.27. The molecule has 4 heteroatoms. The molecular formula is C11H15F2NO. The molecule has 2 nitrogen and oxygen atoms in total. The van der Waals surface area contributed by atoms with E-state index >= 15 is 0 Å². The van der Waals surface area contributed by atoms with Crippen molar-refractivity contribution in [2.24, 2.45) is 5.92 Å². The van der Waals surface area contributed by atoms with Crippen LogP contribution in [0.2, 0.25) is 0 Å². The van der Waals surface area contributed by atoms with E-state index in [9.17, 15) is 13.6 Å². The number of terminal acetylenes is 1. The zero-order chi connectivity index (χ0) is 11.3. The molecule has 0 aromatic carbocycles. The summed E-state index contributed by atoms with van der Waals surface area (Å²) >= 11 is 0. The predicted octanol–water partition coefficient (Wildman–Crippen LogP) is 1.95. The molecule has 0 aliphatic heterocycles. The van der Waals surface area contributed by atoms with E-state index in [-0.39, 0.29) is 37.5 Å². The number of carbonyl (C=O) groups excluding carboxylic acids is 1. The Kier molecular flexibility index (Phi) is 4.07. The highest BCUT2D eigenvalue weighted by molar-refractivity contribution is 5.78. The number of amides is 1. The normalized spacial score (nSPS) is 20.6. The predicted molar refractivity (Wildman–Crippen MR) is 53.4 cm³/mol. The van der Waals surface area contributed by atoms with Gasteiger partial charge in [-0.25, -0.2) is 8.78 Å². The third kappa shape index (κ3) is 3.86. The number of nitrogens with one attached hydrogen (secondary N) is 1. The van der Waals surface area contributed by atoms with Gasteiger partial charge in [0.05, 0.1) is 0 Å². The van der Waals surface area contributed by atoms with E-state index in [1.165, 1.54) is 0 Å². The van der Waals surface area contributed by atoms with Crippen LogP contribution in [-0.2, 0) is 4.79 Å². The van der Waals surface area contributed by atoms with E-state index in [0.29, 0.717) is 13.0 Å². The molecule has 0 aromatic heterocycles. The monoisotopic (exact) mass is 215 g/mol. The molecule has 1 N–H and O–H groups in total. The van der Waals surface area contributed by atoms with Gasteiger partial charge in [-0.05, 0) is 12.8 Å². The van der Waals surface area contributed by atoms with Crippen molar-refractivity contribution < 1.29 is 13.6 Å². The van der Waals surface area contributed by atoms with Crippen LogP contribution < -0.4 is 5.32 Å². The minimum absolute atomic E-state index is 0.138. The Balaban J connectivity index is 2.28. The zero-order valence-corrected chi connectivity index (χ0v) is 8.56. The third-order valence-corrected chi connectivity index (χ3v) is 2.66. The molecule has 0 radical (unpaired) electrons. The van der Waals surface area contributed by atoms with Gasteiger partial charge in [0.2, 0.25) is 11.8 Å². The van der Waals surface area contributed by atoms with E-state index in [1.807, 2.05) is 0 Å². The van der Waals surface area contributed by atoms with E-state index < -0.39 is 5.92 Å². The SMILES string of the molecule is C#CCCNC(=O)C1CCC(F)(F)CC1. The van der Waals surface area contributed by atoms with Crippen molar-refractivity contribution >= 4 is 5.91 Å². The third-order valence-electron chi connectivity index (χ3n) is 2.66. The summed E-state index contributed by atoms with van der Waals surface area (Å²) in [6.07, 6.45) is 5.69. The standard InChI is InChI=1S/C11H15F2NO/c1-2-3-8-14-10(15)9-4-6-11(12,13)7-5-9/h1,9H,3-8H2,(H,14,15). The molecule has 0 spiro atoms. The summed E-state index contributed by atoms with van der Waals surface area (Å²) in [5.74, 6) is -0.569. The van der Waals surface area contributed by atoms with E-state index in [4.69, 9.17) is 6.42 Å². The first-order chi connectivity index (χ1) is 7.05. The molecule has 0 bridgehead atoms. The lowest BCUT2D eigenvalue weighted by molar-refractivity contribution is -0.129. The first kappa shape index (κ1) is 12.0. The molecule has 1 fully saturated rings. The van der Waals surface area contributed by atoms with Crippen molar-refractivity contribution in [2.45, 2.75) is 38.0 Å². The Labute approximate surface area is 88.4 Å². The van der Waals surface area contributed by atoms with Crippen LogP contribution in [0.4, 0.5) is 8.78 Å². The summed E-state index contributed by atoms with van der Waals surface area (Å²) in [7, 11) is 0. The topological polar surface area (TPSA) is 29.1 Å². The van der Waals surface area contributed by atoms with Gasteiger partial charge in [0, 0.05) is 31.7 Å².